The highest BCUT2D eigenvalue weighted by molar-refractivity contribution is 5.79. The van der Waals surface area contributed by atoms with Crippen molar-refractivity contribution in [2.24, 2.45) is 11.8 Å². The van der Waals surface area contributed by atoms with Crippen LogP contribution in [0.2, 0.25) is 0 Å². The lowest BCUT2D eigenvalue weighted by molar-refractivity contribution is -0.148. The van der Waals surface area contributed by atoms with Crippen LogP contribution in [0.5, 0.6) is 0 Å². The first kappa shape index (κ1) is 81.6. The fourth-order valence-electron chi connectivity index (χ4n) is 17.4. The number of hydrogen-bond acceptors (Lipinski definition) is 6. The molecule has 0 aromatic heterocycles. The SMILES string of the molecule is C.C.C.CC(=O)N(C)C1CC(c2ccccc2C)CC(c2ccccc2C)C1.CC(=O)OC1CC(c2ccccc2C)CC(c2ccccc2C)C1.COC(=O)C1CC(c2ccccc2C)CC(c2ccccc2C)C1.Cc1ccccc1C1CC(C(=O)N(C)C)CC(c2ccccc2C)C1. The average Bonchev–Trinajstić information content (AvgIpc) is 0.725. The summed E-state index contributed by atoms with van der Waals surface area (Å²) in [4.78, 5) is 52.2. The van der Waals surface area contributed by atoms with Crippen LogP contribution in [-0.4, -0.2) is 74.0 Å². The minimum atomic E-state index is -0.172. The monoisotopic (exact) mass is 1360 g/mol. The van der Waals surface area contributed by atoms with Gasteiger partial charge in [0.1, 0.15) is 6.10 Å². The van der Waals surface area contributed by atoms with Gasteiger partial charge in [-0.2, -0.15) is 0 Å². The maximum Gasteiger partial charge on any atom is 0.308 e. The quantitative estimate of drug-likeness (QED) is 0.113. The van der Waals surface area contributed by atoms with E-state index in [9.17, 15) is 19.2 Å². The number of ether oxygens (including phenoxy) is 2. The van der Waals surface area contributed by atoms with Crippen LogP contribution in [0.4, 0.5) is 0 Å². The number of esters is 2. The maximum absolute atomic E-state index is 12.7. The fourth-order valence-corrected chi connectivity index (χ4v) is 17.4. The summed E-state index contributed by atoms with van der Waals surface area (Å²) in [6.07, 6.45) is 12.2. The first-order valence-corrected chi connectivity index (χ1v) is 36.2. The summed E-state index contributed by atoms with van der Waals surface area (Å²) in [6.45, 7) is 20.7. The Labute approximate surface area is 610 Å². The minimum Gasteiger partial charge on any atom is -0.469 e. The molecule has 8 aromatic carbocycles. The zero-order chi connectivity index (χ0) is 70.2. The molecule has 540 valence electrons. The summed E-state index contributed by atoms with van der Waals surface area (Å²) in [7, 11) is 7.22. The molecule has 4 saturated carbocycles. The van der Waals surface area contributed by atoms with Crippen molar-refractivity contribution in [2.45, 2.75) is 228 Å². The van der Waals surface area contributed by atoms with E-state index in [-0.39, 0.29) is 64.0 Å². The summed E-state index contributed by atoms with van der Waals surface area (Å²) in [6, 6.07) is 69.4. The lowest BCUT2D eigenvalue weighted by atomic mass is 9.69. The maximum atomic E-state index is 12.7. The van der Waals surface area contributed by atoms with Crippen LogP contribution in [0.1, 0.15) is 250 Å². The van der Waals surface area contributed by atoms with E-state index in [1.165, 1.54) is 103 Å². The smallest absolute Gasteiger partial charge is 0.308 e. The van der Waals surface area contributed by atoms with Gasteiger partial charge in [-0.25, -0.2) is 0 Å². The molecule has 8 atom stereocenters. The van der Waals surface area contributed by atoms with Gasteiger partial charge >= 0.3 is 11.9 Å². The molecule has 4 fully saturated rings. The lowest BCUT2D eigenvalue weighted by Gasteiger charge is -2.40. The summed E-state index contributed by atoms with van der Waals surface area (Å²) in [5.41, 5.74) is 22.0. The van der Waals surface area contributed by atoms with Crippen LogP contribution in [-0.2, 0) is 28.7 Å². The molecule has 2 amide bonds. The Morgan fingerprint density at radius 3 is 0.743 bits per heavy atom. The zero-order valence-corrected chi connectivity index (χ0v) is 61.2. The molecule has 8 heteroatoms. The Balaban J connectivity index is 0.000000210. The predicted molar refractivity (Wildman–Crippen MR) is 422 cm³/mol. The van der Waals surface area contributed by atoms with E-state index in [2.05, 4.69) is 250 Å². The molecule has 4 aliphatic carbocycles. The van der Waals surface area contributed by atoms with Gasteiger partial charge in [0.15, 0.2) is 0 Å². The molecule has 0 saturated heterocycles. The van der Waals surface area contributed by atoms with E-state index in [0.29, 0.717) is 53.4 Å². The van der Waals surface area contributed by atoms with Gasteiger partial charge in [-0.15, -0.1) is 0 Å². The first-order chi connectivity index (χ1) is 47.1. The average molecular weight is 1360 g/mol. The predicted octanol–water partition coefficient (Wildman–Crippen LogP) is 22.6. The summed E-state index contributed by atoms with van der Waals surface area (Å²) in [5, 5.41) is 0. The molecule has 12 rings (SSSR count). The van der Waals surface area contributed by atoms with E-state index >= 15 is 0 Å². The van der Waals surface area contributed by atoms with Crippen molar-refractivity contribution in [2.75, 3.05) is 28.3 Å². The van der Waals surface area contributed by atoms with Crippen molar-refractivity contribution < 1.29 is 28.7 Å². The third kappa shape index (κ3) is 21.4. The van der Waals surface area contributed by atoms with Gasteiger partial charge in [0.2, 0.25) is 11.8 Å². The van der Waals surface area contributed by atoms with Crippen LogP contribution in [0.15, 0.2) is 194 Å². The summed E-state index contributed by atoms with van der Waals surface area (Å²) >= 11 is 0. The first-order valence-electron chi connectivity index (χ1n) is 36.2. The molecule has 8 aromatic rings. The topological polar surface area (TPSA) is 93.2 Å². The number of nitrogens with zero attached hydrogens (tertiary/aromatic N) is 2. The molecule has 101 heavy (non-hydrogen) atoms. The Hall–Kier alpha value is -8.36. The van der Waals surface area contributed by atoms with Crippen molar-refractivity contribution in [1.29, 1.82) is 0 Å². The van der Waals surface area contributed by atoms with Gasteiger partial charge in [-0.1, -0.05) is 216 Å². The number of carbonyl (C=O) groups is 4. The standard InChI is InChI=1S/2C23H29NO.2C22H26O2.3CH4/c1-16-9-5-7-11-21(16)18-13-19(22-12-8-6-10-17(22)2)15-20(14-18)23(25)24(3)4;1-16-9-5-7-11-22(16)19-13-20(23-12-8-6-10-17(23)2)15-21(14-19)24(4)18(3)25;1-15-8-4-6-10-20(15)17-12-18(14-19(13-17)22(23)24-3)21-11-7-5-9-16(21)2;1-15-8-4-6-10-21(15)18-12-19(14-20(13-18)24-17(3)23)22-11-7-5-9-16(22)2;;;/h5-12,18-20H,13-15H2,1-4H3;5-12,19-21H,13-15H2,1-4H3;4-11,17-19H,12-14H2,1-3H3;4-11,18-20H,12-14H2,1-3H3;3*1H4. The van der Waals surface area contributed by atoms with Crippen LogP contribution in [0.25, 0.3) is 0 Å². The Kier molecular flexibility index (Phi) is 31.2. The molecule has 8 nitrogen and oxygen atoms in total. The van der Waals surface area contributed by atoms with Gasteiger partial charge < -0.3 is 19.3 Å². The molecule has 0 heterocycles. The second-order valence-electron chi connectivity index (χ2n) is 29.4. The number of aryl methyl sites for hydroxylation is 8. The van der Waals surface area contributed by atoms with Gasteiger partial charge in [-0.05, 0) is 269 Å². The van der Waals surface area contributed by atoms with Crippen molar-refractivity contribution in [3.8, 4) is 0 Å². The van der Waals surface area contributed by atoms with E-state index in [4.69, 9.17) is 9.47 Å². The van der Waals surface area contributed by atoms with Crippen LogP contribution in [0, 0.1) is 67.2 Å². The van der Waals surface area contributed by atoms with E-state index in [1.54, 1.807) is 11.8 Å². The molecule has 0 bridgehead atoms. The van der Waals surface area contributed by atoms with Gasteiger partial charge in [0.05, 0.1) is 13.0 Å². The molecule has 0 radical (unpaired) electrons. The number of carbonyl (C=O) groups excluding carboxylic acids is 4. The molecule has 4 aliphatic rings. The number of amides is 2. The van der Waals surface area contributed by atoms with Crippen LogP contribution in [0.3, 0.4) is 0 Å². The fraction of sp³-hybridized carbons (Fsp3) is 0.441. The third-order valence-electron chi connectivity index (χ3n) is 22.5. The molecule has 0 spiro atoms. The van der Waals surface area contributed by atoms with Crippen molar-refractivity contribution in [1.82, 2.24) is 9.80 Å². The second kappa shape index (κ2) is 38.6. The minimum absolute atomic E-state index is 0. The van der Waals surface area contributed by atoms with Crippen molar-refractivity contribution >= 4 is 23.8 Å². The highest BCUT2D eigenvalue weighted by atomic mass is 16.5. The molecular weight excluding hydrogens is 1240 g/mol. The third-order valence-corrected chi connectivity index (χ3v) is 22.5. The van der Waals surface area contributed by atoms with E-state index in [0.717, 1.165) is 77.0 Å². The van der Waals surface area contributed by atoms with Crippen molar-refractivity contribution in [3.63, 3.8) is 0 Å². The molecular formula is C93H122N2O6. The Bertz CT molecular complexity index is 3740. The van der Waals surface area contributed by atoms with Gasteiger partial charge in [0.25, 0.3) is 0 Å². The number of methoxy groups -OCH3 is 1. The zero-order valence-electron chi connectivity index (χ0n) is 61.2. The van der Waals surface area contributed by atoms with Crippen LogP contribution < -0.4 is 0 Å². The molecule has 0 N–H and O–H groups in total. The normalized spacial score (nSPS) is 22.8. The highest BCUT2D eigenvalue weighted by Crippen LogP contribution is 2.49. The Morgan fingerprint density at radius 2 is 0.535 bits per heavy atom. The van der Waals surface area contributed by atoms with Crippen molar-refractivity contribution in [3.05, 3.63) is 283 Å². The van der Waals surface area contributed by atoms with Crippen LogP contribution >= 0.6 is 0 Å². The summed E-state index contributed by atoms with van der Waals surface area (Å²) < 4.78 is 10.7. The second-order valence-corrected chi connectivity index (χ2v) is 29.4. The van der Waals surface area contributed by atoms with E-state index in [1.807, 2.05) is 26.0 Å². The molecule has 8 unspecified atom stereocenters. The highest BCUT2D eigenvalue weighted by Gasteiger charge is 2.39. The largest absolute Gasteiger partial charge is 0.469 e. The number of benzene rings is 8. The lowest BCUT2D eigenvalue weighted by Crippen LogP contribution is -2.40. The van der Waals surface area contributed by atoms with Gasteiger partial charge in [-0.3, -0.25) is 19.2 Å². The Morgan fingerprint density at radius 1 is 0.317 bits per heavy atom. The number of hydrogen-bond donors (Lipinski definition) is 0. The number of rotatable bonds is 12. The van der Waals surface area contributed by atoms with E-state index < -0.39 is 0 Å². The molecule has 0 aliphatic heterocycles. The summed E-state index contributed by atoms with van der Waals surface area (Å²) in [5.74, 6) is 3.91. The van der Waals surface area contributed by atoms with Gasteiger partial charge in [0, 0.05) is 47.0 Å².